The highest BCUT2D eigenvalue weighted by Gasteiger charge is 2.21. The normalized spacial score (nSPS) is 16.3. The number of imidazole rings is 1. The van der Waals surface area contributed by atoms with E-state index in [1.165, 1.54) is 30.7 Å². The van der Waals surface area contributed by atoms with Crippen molar-refractivity contribution in [3.8, 4) is 0 Å². The van der Waals surface area contributed by atoms with E-state index in [9.17, 15) is 0 Å². The Morgan fingerprint density at radius 2 is 2.31 bits per heavy atom. The van der Waals surface area contributed by atoms with Crippen molar-refractivity contribution in [2.75, 3.05) is 25.1 Å². The average Bonchev–Trinajstić information content (AvgIpc) is 2.64. The van der Waals surface area contributed by atoms with Crippen LogP contribution in [0.15, 0.2) is 12.5 Å². The number of hydrogen-bond donors (Lipinski definition) is 1. The summed E-state index contributed by atoms with van der Waals surface area (Å²) in [4.78, 5) is 4.27. The van der Waals surface area contributed by atoms with Crippen LogP contribution in [0.5, 0.6) is 0 Å². The summed E-state index contributed by atoms with van der Waals surface area (Å²) in [7, 11) is 0. The summed E-state index contributed by atoms with van der Waals surface area (Å²) in [6.45, 7) is 3.39. The third kappa shape index (κ3) is 3.01. The second kappa shape index (κ2) is 6.30. The highest BCUT2D eigenvalue weighted by molar-refractivity contribution is 7.98. The van der Waals surface area contributed by atoms with Crippen molar-refractivity contribution in [3.63, 3.8) is 0 Å². The molecule has 1 aromatic rings. The van der Waals surface area contributed by atoms with Crippen LogP contribution in [-0.4, -0.2) is 34.6 Å². The minimum absolute atomic E-state index is 0.702. The Morgan fingerprint density at radius 3 is 3.00 bits per heavy atom. The van der Waals surface area contributed by atoms with Crippen molar-refractivity contribution >= 4 is 11.8 Å². The lowest BCUT2D eigenvalue weighted by Gasteiger charge is -2.27. The monoisotopic (exact) mass is 239 g/mol. The van der Waals surface area contributed by atoms with E-state index in [4.69, 9.17) is 0 Å². The van der Waals surface area contributed by atoms with E-state index in [-0.39, 0.29) is 0 Å². The van der Waals surface area contributed by atoms with Crippen LogP contribution in [-0.2, 0) is 6.54 Å². The fourth-order valence-corrected chi connectivity index (χ4v) is 2.55. The van der Waals surface area contributed by atoms with Gasteiger partial charge in [-0.05, 0) is 24.9 Å². The van der Waals surface area contributed by atoms with Gasteiger partial charge in [0.25, 0.3) is 0 Å². The van der Waals surface area contributed by atoms with Crippen molar-refractivity contribution in [2.24, 2.45) is 0 Å². The predicted molar refractivity (Wildman–Crippen MR) is 70.1 cm³/mol. The van der Waals surface area contributed by atoms with Crippen LogP contribution in [0.3, 0.4) is 0 Å². The molecule has 1 fully saturated rings. The molecule has 0 bridgehead atoms. The maximum absolute atomic E-state index is 4.27. The van der Waals surface area contributed by atoms with E-state index < -0.39 is 0 Å². The average molecular weight is 239 g/mol. The van der Waals surface area contributed by atoms with E-state index in [0.29, 0.717) is 5.92 Å². The van der Waals surface area contributed by atoms with E-state index >= 15 is 0 Å². The molecule has 1 N–H and O–H groups in total. The molecule has 2 heterocycles. The Balaban J connectivity index is 1.73. The van der Waals surface area contributed by atoms with Crippen LogP contribution in [0.4, 0.5) is 0 Å². The first kappa shape index (κ1) is 12.0. The summed E-state index contributed by atoms with van der Waals surface area (Å²) in [6, 6.07) is 0. The lowest BCUT2D eigenvalue weighted by Crippen LogP contribution is -2.40. The molecule has 1 aliphatic heterocycles. The molecule has 0 radical (unpaired) electrons. The van der Waals surface area contributed by atoms with Crippen LogP contribution >= 0.6 is 11.8 Å². The summed E-state index contributed by atoms with van der Waals surface area (Å²) in [5, 5.41) is 3.32. The first-order chi connectivity index (χ1) is 7.92. The number of unbranched alkanes of at least 4 members (excludes halogenated alkanes) is 2. The van der Waals surface area contributed by atoms with Crippen molar-refractivity contribution in [3.05, 3.63) is 18.2 Å². The molecule has 1 saturated heterocycles. The summed E-state index contributed by atoms with van der Waals surface area (Å²) in [6.07, 6.45) is 10.2. The van der Waals surface area contributed by atoms with E-state index in [1.54, 1.807) is 0 Å². The maximum atomic E-state index is 4.27. The lowest BCUT2D eigenvalue weighted by atomic mass is 10.00. The Labute approximate surface area is 102 Å². The zero-order valence-corrected chi connectivity index (χ0v) is 10.8. The number of nitrogens with one attached hydrogen (secondary N) is 1. The van der Waals surface area contributed by atoms with Crippen molar-refractivity contribution in [1.82, 2.24) is 14.9 Å². The molecule has 90 valence electrons. The molecule has 1 aliphatic rings. The second-order valence-electron chi connectivity index (χ2n) is 4.42. The standard InChI is InChI=1S/C12H21N3S/c1-16-6-4-2-3-5-15-10-14-9-12(15)11-7-13-8-11/h9-11,13H,2-8H2,1H3. The molecule has 1 aromatic heterocycles. The molecule has 0 aliphatic carbocycles. The van der Waals surface area contributed by atoms with Crippen molar-refractivity contribution < 1.29 is 0 Å². The molecule has 0 spiro atoms. The molecule has 0 amide bonds. The quantitative estimate of drug-likeness (QED) is 0.739. The van der Waals surface area contributed by atoms with Gasteiger partial charge in [-0.2, -0.15) is 11.8 Å². The molecular formula is C12H21N3S. The maximum Gasteiger partial charge on any atom is 0.0948 e. The highest BCUT2D eigenvalue weighted by Crippen LogP contribution is 2.19. The van der Waals surface area contributed by atoms with Gasteiger partial charge in [0, 0.05) is 37.4 Å². The molecule has 3 nitrogen and oxygen atoms in total. The summed E-state index contributed by atoms with van der Waals surface area (Å²) >= 11 is 1.94. The summed E-state index contributed by atoms with van der Waals surface area (Å²) < 4.78 is 2.34. The Morgan fingerprint density at radius 1 is 1.44 bits per heavy atom. The Kier molecular flexibility index (Phi) is 4.72. The van der Waals surface area contributed by atoms with Gasteiger partial charge in [0.2, 0.25) is 0 Å². The van der Waals surface area contributed by atoms with E-state index in [0.717, 1.165) is 19.6 Å². The molecule has 4 heteroatoms. The van der Waals surface area contributed by atoms with E-state index in [2.05, 4.69) is 21.1 Å². The number of nitrogens with zero attached hydrogens (tertiary/aromatic N) is 2. The predicted octanol–water partition coefficient (Wildman–Crippen LogP) is 2.10. The van der Waals surface area contributed by atoms with Gasteiger partial charge in [0.15, 0.2) is 0 Å². The molecular weight excluding hydrogens is 218 g/mol. The Bertz CT molecular complexity index is 307. The molecule has 0 aromatic carbocycles. The third-order valence-electron chi connectivity index (χ3n) is 3.19. The van der Waals surface area contributed by atoms with Gasteiger partial charge >= 0.3 is 0 Å². The molecule has 2 rings (SSSR count). The fourth-order valence-electron chi connectivity index (χ4n) is 2.06. The fraction of sp³-hybridized carbons (Fsp3) is 0.750. The minimum atomic E-state index is 0.702. The third-order valence-corrected chi connectivity index (χ3v) is 3.89. The van der Waals surface area contributed by atoms with Crippen LogP contribution in [0.1, 0.15) is 30.9 Å². The smallest absolute Gasteiger partial charge is 0.0948 e. The number of aromatic nitrogens is 2. The largest absolute Gasteiger partial charge is 0.334 e. The van der Waals surface area contributed by atoms with Crippen molar-refractivity contribution in [2.45, 2.75) is 31.7 Å². The van der Waals surface area contributed by atoms with Gasteiger partial charge in [-0.3, -0.25) is 0 Å². The zero-order chi connectivity index (χ0) is 11.2. The van der Waals surface area contributed by atoms with Crippen LogP contribution in [0.2, 0.25) is 0 Å². The van der Waals surface area contributed by atoms with Gasteiger partial charge < -0.3 is 9.88 Å². The topological polar surface area (TPSA) is 29.9 Å². The summed E-state index contributed by atoms with van der Waals surface area (Å²) in [5.41, 5.74) is 1.42. The van der Waals surface area contributed by atoms with Gasteiger partial charge in [-0.25, -0.2) is 4.98 Å². The van der Waals surface area contributed by atoms with Crippen molar-refractivity contribution in [1.29, 1.82) is 0 Å². The van der Waals surface area contributed by atoms with Gasteiger partial charge in [-0.1, -0.05) is 6.42 Å². The second-order valence-corrected chi connectivity index (χ2v) is 5.41. The van der Waals surface area contributed by atoms with Crippen LogP contribution < -0.4 is 5.32 Å². The minimum Gasteiger partial charge on any atom is -0.334 e. The van der Waals surface area contributed by atoms with Gasteiger partial charge in [0.1, 0.15) is 0 Å². The number of thioether (sulfide) groups is 1. The highest BCUT2D eigenvalue weighted by atomic mass is 32.2. The first-order valence-corrected chi connectivity index (χ1v) is 7.51. The zero-order valence-electron chi connectivity index (χ0n) is 9.98. The summed E-state index contributed by atoms with van der Waals surface area (Å²) in [5.74, 6) is 2.00. The van der Waals surface area contributed by atoms with Crippen LogP contribution in [0.25, 0.3) is 0 Å². The van der Waals surface area contributed by atoms with E-state index in [1.807, 2.05) is 24.3 Å². The Hall–Kier alpha value is -0.480. The SMILES string of the molecule is CSCCCCCn1cncc1C1CNC1. The number of rotatable bonds is 7. The van der Waals surface area contributed by atoms with Crippen LogP contribution in [0, 0.1) is 0 Å². The number of aryl methyl sites for hydroxylation is 1. The number of hydrogen-bond acceptors (Lipinski definition) is 3. The molecule has 0 unspecified atom stereocenters. The lowest BCUT2D eigenvalue weighted by molar-refractivity contribution is 0.420. The molecule has 0 atom stereocenters. The first-order valence-electron chi connectivity index (χ1n) is 6.11. The van der Waals surface area contributed by atoms with Gasteiger partial charge in [-0.15, -0.1) is 0 Å². The van der Waals surface area contributed by atoms with Gasteiger partial charge in [0.05, 0.1) is 6.33 Å². The molecule has 16 heavy (non-hydrogen) atoms. The molecule has 0 saturated carbocycles.